The third-order valence-corrected chi connectivity index (χ3v) is 3.53. The number of carbonyl (C=O) groups is 1. The average molecular weight is 354 g/mol. The van der Waals surface area contributed by atoms with Gasteiger partial charge in [-0.25, -0.2) is 9.18 Å². The summed E-state index contributed by atoms with van der Waals surface area (Å²) in [5, 5.41) is 0. The molecule has 1 heterocycles. The molecule has 0 bridgehead atoms. The summed E-state index contributed by atoms with van der Waals surface area (Å²) >= 11 is 3.20. The number of methoxy groups -OCH3 is 1. The third-order valence-electron chi connectivity index (χ3n) is 3.04. The molecule has 0 amide bonds. The number of carbonyl (C=O) groups excluding carboxylic acids is 1. The molecule has 6 heteroatoms. The first kappa shape index (κ1) is 15.4. The zero-order chi connectivity index (χ0) is 15.4. The maximum absolute atomic E-state index is 13.2. The zero-order valence-electron chi connectivity index (χ0n) is 11.3. The van der Waals surface area contributed by atoms with Gasteiger partial charge in [0.05, 0.1) is 7.11 Å². The Morgan fingerprint density at radius 3 is 2.76 bits per heavy atom. The molecule has 2 aromatic rings. The number of benzene rings is 1. The molecule has 0 fully saturated rings. The minimum absolute atomic E-state index is 0.173. The van der Waals surface area contributed by atoms with Crippen LogP contribution in [0.25, 0.3) is 0 Å². The van der Waals surface area contributed by atoms with E-state index in [4.69, 9.17) is 4.74 Å². The molecule has 0 aliphatic rings. The van der Waals surface area contributed by atoms with Crippen LogP contribution in [-0.4, -0.2) is 17.6 Å². The highest BCUT2D eigenvalue weighted by atomic mass is 79.9. The first-order valence-corrected chi connectivity index (χ1v) is 7.00. The zero-order valence-corrected chi connectivity index (χ0v) is 12.8. The predicted octanol–water partition coefficient (Wildman–Crippen LogP) is 2.71. The Labute approximate surface area is 129 Å². The van der Waals surface area contributed by atoms with E-state index in [1.54, 1.807) is 18.2 Å². The second-order valence-corrected chi connectivity index (χ2v) is 5.38. The second-order valence-electron chi connectivity index (χ2n) is 4.46. The molecule has 1 aromatic heterocycles. The number of aromatic nitrogens is 1. The third kappa shape index (κ3) is 3.78. The van der Waals surface area contributed by atoms with Gasteiger partial charge in [0.2, 0.25) is 0 Å². The van der Waals surface area contributed by atoms with Gasteiger partial charge in [0.25, 0.3) is 5.56 Å². The molecule has 1 unspecified atom stereocenters. The van der Waals surface area contributed by atoms with Gasteiger partial charge in [-0.15, -0.1) is 0 Å². The molecule has 4 nitrogen and oxygen atoms in total. The smallest absolute Gasteiger partial charge is 0.329 e. The monoisotopic (exact) mass is 353 g/mol. The van der Waals surface area contributed by atoms with Crippen molar-refractivity contribution >= 4 is 21.9 Å². The quantitative estimate of drug-likeness (QED) is 0.794. The van der Waals surface area contributed by atoms with Crippen molar-refractivity contribution in [3.63, 3.8) is 0 Å². The number of ether oxygens (including phenoxy) is 1. The first-order chi connectivity index (χ1) is 10.0. The Kier molecular flexibility index (Phi) is 4.90. The molecule has 0 spiro atoms. The number of pyridine rings is 1. The van der Waals surface area contributed by atoms with Crippen LogP contribution in [-0.2, 0) is 16.0 Å². The van der Waals surface area contributed by atoms with Gasteiger partial charge in [0, 0.05) is 23.2 Å². The number of hydrogen-bond donors (Lipinski definition) is 0. The molecular weight excluding hydrogens is 341 g/mol. The van der Waals surface area contributed by atoms with Crippen molar-refractivity contribution < 1.29 is 13.9 Å². The van der Waals surface area contributed by atoms with Crippen LogP contribution in [0.15, 0.2) is 51.9 Å². The molecule has 21 heavy (non-hydrogen) atoms. The fraction of sp³-hybridized carbons (Fsp3) is 0.200. The maximum Gasteiger partial charge on any atom is 0.329 e. The number of nitrogens with zero attached hydrogens (tertiary/aromatic N) is 1. The summed E-state index contributed by atoms with van der Waals surface area (Å²) < 4.78 is 19.9. The fourth-order valence-corrected chi connectivity index (χ4v) is 2.36. The van der Waals surface area contributed by atoms with Crippen LogP contribution in [0, 0.1) is 5.82 Å². The normalized spacial score (nSPS) is 12.0. The molecule has 0 aliphatic carbocycles. The Morgan fingerprint density at radius 2 is 2.14 bits per heavy atom. The van der Waals surface area contributed by atoms with Gasteiger partial charge < -0.3 is 9.30 Å². The summed E-state index contributed by atoms with van der Waals surface area (Å²) in [5.41, 5.74) is 0.274. The van der Waals surface area contributed by atoms with E-state index in [0.717, 1.165) is 0 Å². The van der Waals surface area contributed by atoms with Gasteiger partial charge in [-0.2, -0.15) is 0 Å². The summed E-state index contributed by atoms with van der Waals surface area (Å²) in [7, 11) is 1.25. The van der Waals surface area contributed by atoms with Gasteiger partial charge in [-0.05, 0) is 23.8 Å². The van der Waals surface area contributed by atoms with Crippen molar-refractivity contribution in [2.45, 2.75) is 12.5 Å². The van der Waals surface area contributed by atoms with E-state index in [0.29, 0.717) is 10.0 Å². The summed E-state index contributed by atoms with van der Waals surface area (Å²) in [6, 6.07) is 8.09. The van der Waals surface area contributed by atoms with Gasteiger partial charge >= 0.3 is 5.97 Å². The van der Waals surface area contributed by atoms with Crippen LogP contribution < -0.4 is 5.56 Å². The van der Waals surface area contributed by atoms with Crippen molar-refractivity contribution in [1.29, 1.82) is 0 Å². The van der Waals surface area contributed by atoms with Crippen molar-refractivity contribution in [2.24, 2.45) is 0 Å². The predicted molar refractivity (Wildman–Crippen MR) is 79.6 cm³/mol. The highest BCUT2D eigenvalue weighted by Crippen LogP contribution is 2.16. The van der Waals surface area contributed by atoms with Crippen LogP contribution in [0.2, 0.25) is 0 Å². The molecule has 110 valence electrons. The molecule has 1 atom stereocenters. The molecular formula is C15H13BrFNO3. The van der Waals surface area contributed by atoms with Crippen molar-refractivity contribution in [3.8, 4) is 0 Å². The Hall–Kier alpha value is -1.95. The molecule has 0 radical (unpaired) electrons. The highest BCUT2D eigenvalue weighted by Gasteiger charge is 2.22. The second kappa shape index (κ2) is 6.67. The van der Waals surface area contributed by atoms with Gasteiger partial charge in [-0.1, -0.05) is 28.1 Å². The number of halogens is 2. The van der Waals surface area contributed by atoms with E-state index in [2.05, 4.69) is 15.9 Å². The van der Waals surface area contributed by atoms with Crippen LogP contribution in [0.5, 0.6) is 0 Å². The maximum atomic E-state index is 13.2. The van der Waals surface area contributed by atoms with Gasteiger partial charge in [0.1, 0.15) is 11.9 Å². The van der Waals surface area contributed by atoms with E-state index in [1.165, 1.54) is 36.1 Å². The molecule has 0 saturated carbocycles. The van der Waals surface area contributed by atoms with Crippen LogP contribution in [0.4, 0.5) is 4.39 Å². The van der Waals surface area contributed by atoms with E-state index >= 15 is 0 Å². The lowest BCUT2D eigenvalue weighted by molar-refractivity contribution is -0.144. The Bertz CT molecular complexity index is 714. The minimum atomic E-state index is -0.836. The number of hydrogen-bond acceptors (Lipinski definition) is 3. The van der Waals surface area contributed by atoms with E-state index < -0.39 is 12.0 Å². The topological polar surface area (TPSA) is 48.3 Å². The summed E-state index contributed by atoms with van der Waals surface area (Å²) in [5.74, 6) is -0.942. The number of esters is 1. The number of rotatable bonds is 4. The van der Waals surface area contributed by atoms with Gasteiger partial charge in [0.15, 0.2) is 0 Å². The summed E-state index contributed by atoms with van der Waals surface area (Å²) in [6.07, 6.45) is 1.68. The molecule has 0 aliphatic heterocycles. The fourth-order valence-electron chi connectivity index (χ4n) is 2.04. The lowest BCUT2D eigenvalue weighted by atomic mass is 10.1. The van der Waals surface area contributed by atoms with Crippen molar-refractivity contribution in [2.75, 3.05) is 7.11 Å². The van der Waals surface area contributed by atoms with E-state index in [9.17, 15) is 14.0 Å². The summed E-state index contributed by atoms with van der Waals surface area (Å²) in [6.45, 7) is 0. The van der Waals surface area contributed by atoms with Crippen molar-refractivity contribution in [3.05, 3.63) is 68.8 Å². The Balaban J connectivity index is 2.39. The summed E-state index contributed by atoms with van der Waals surface area (Å²) in [4.78, 5) is 24.0. The van der Waals surface area contributed by atoms with E-state index in [1.807, 2.05) is 0 Å². The lowest BCUT2D eigenvalue weighted by Crippen LogP contribution is -2.31. The van der Waals surface area contributed by atoms with Crippen molar-refractivity contribution in [1.82, 2.24) is 4.57 Å². The molecule has 1 aromatic carbocycles. The van der Waals surface area contributed by atoms with E-state index in [-0.39, 0.29) is 17.8 Å². The molecule has 0 N–H and O–H groups in total. The van der Waals surface area contributed by atoms with Gasteiger partial charge in [-0.3, -0.25) is 4.79 Å². The first-order valence-electron chi connectivity index (χ1n) is 6.21. The average Bonchev–Trinajstić information content (AvgIpc) is 2.45. The largest absolute Gasteiger partial charge is 0.467 e. The molecule has 2 rings (SSSR count). The van der Waals surface area contributed by atoms with Crippen LogP contribution in [0.1, 0.15) is 11.6 Å². The lowest BCUT2D eigenvalue weighted by Gasteiger charge is -2.17. The highest BCUT2D eigenvalue weighted by molar-refractivity contribution is 9.10. The SMILES string of the molecule is COC(=O)C(Cc1cccc(F)c1)n1ccc(Br)cc1=O. The molecule has 0 saturated heterocycles. The van der Waals surface area contributed by atoms with Crippen LogP contribution in [0.3, 0.4) is 0 Å². The minimum Gasteiger partial charge on any atom is -0.467 e. The standard InChI is InChI=1S/C15H13BrFNO3/c1-21-15(20)13(8-10-3-2-4-12(17)7-10)18-6-5-11(16)9-14(18)19/h2-7,9,13H,8H2,1H3. The Morgan fingerprint density at radius 1 is 1.38 bits per heavy atom. The van der Waals surface area contributed by atoms with Crippen LogP contribution >= 0.6 is 15.9 Å².